The van der Waals surface area contributed by atoms with E-state index in [9.17, 15) is 4.39 Å². The Balaban J connectivity index is 1.49. The van der Waals surface area contributed by atoms with Gasteiger partial charge < -0.3 is 4.42 Å². The molecule has 0 N–H and O–H groups in total. The molecule has 0 atom stereocenters. The molecule has 0 saturated carbocycles. The highest BCUT2D eigenvalue weighted by atomic mass is 32.2. The average Bonchev–Trinajstić information content (AvgIpc) is 3.09. The first kappa shape index (κ1) is 14.9. The van der Waals surface area contributed by atoms with Gasteiger partial charge in [0.15, 0.2) is 0 Å². The van der Waals surface area contributed by atoms with Crippen LogP contribution in [0.5, 0.6) is 0 Å². The van der Waals surface area contributed by atoms with E-state index < -0.39 is 0 Å². The van der Waals surface area contributed by atoms with E-state index >= 15 is 0 Å². The zero-order chi connectivity index (χ0) is 16.4. The summed E-state index contributed by atoms with van der Waals surface area (Å²) >= 11 is 1.59. The predicted octanol–water partition coefficient (Wildman–Crippen LogP) is 5.32. The van der Waals surface area contributed by atoms with E-state index in [1.54, 1.807) is 30.2 Å². The van der Waals surface area contributed by atoms with Gasteiger partial charge in [0.1, 0.15) is 12.1 Å². The molecule has 0 amide bonds. The van der Waals surface area contributed by atoms with Crippen LogP contribution in [0.2, 0.25) is 0 Å². The number of para-hydroxylation sites is 1. The lowest BCUT2D eigenvalue weighted by atomic mass is 10.2. The molecule has 0 fully saturated rings. The number of aromatic nitrogens is 2. The van der Waals surface area contributed by atoms with E-state index in [0.29, 0.717) is 17.2 Å². The van der Waals surface area contributed by atoms with Gasteiger partial charge >= 0.3 is 0 Å². The van der Waals surface area contributed by atoms with Gasteiger partial charge in [0, 0.05) is 16.7 Å². The molecule has 0 aliphatic carbocycles. The van der Waals surface area contributed by atoms with Gasteiger partial charge in [-0.15, -0.1) is 0 Å². The van der Waals surface area contributed by atoms with Crippen LogP contribution in [-0.4, -0.2) is 9.97 Å². The van der Waals surface area contributed by atoms with Crippen molar-refractivity contribution in [2.24, 2.45) is 0 Å². The van der Waals surface area contributed by atoms with Gasteiger partial charge in [-0.3, -0.25) is 0 Å². The minimum atomic E-state index is -0.304. The summed E-state index contributed by atoms with van der Waals surface area (Å²) in [5.41, 5.74) is 2.41. The Morgan fingerprint density at radius 1 is 0.958 bits per heavy atom. The zero-order valence-electron chi connectivity index (χ0n) is 12.6. The summed E-state index contributed by atoms with van der Waals surface area (Å²) in [6, 6.07) is 18.3. The van der Waals surface area contributed by atoms with Gasteiger partial charge in [0.2, 0.25) is 5.89 Å². The molecule has 0 radical (unpaired) electrons. The van der Waals surface area contributed by atoms with Crippen molar-refractivity contribution in [1.29, 1.82) is 0 Å². The van der Waals surface area contributed by atoms with Crippen molar-refractivity contribution in [3.63, 3.8) is 0 Å². The smallest absolute Gasteiger partial charge is 0.226 e. The zero-order valence-corrected chi connectivity index (χ0v) is 13.5. The Morgan fingerprint density at radius 2 is 1.88 bits per heavy atom. The summed E-state index contributed by atoms with van der Waals surface area (Å²) < 4.78 is 18.7. The molecule has 0 unspecified atom stereocenters. The van der Waals surface area contributed by atoms with Gasteiger partial charge in [-0.2, -0.15) is 0 Å². The molecule has 2 aromatic heterocycles. The molecule has 0 spiro atoms. The molecule has 4 aromatic rings. The second-order valence-corrected chi connectivity index (χ2v) is 6.28. The average molecular weight is 336 g/mol. The Labute approximate surface area is 142 Å². The lowest BCUT2D eigenvalue weighted by molar-refractivity contribution is 0.571. The molecular formula is C19H13FN2OS. The van der Waals surface area contributed by atoms with E-state index in [4.69, 9.17) is 4.42 Å². The number of oxazole rings is 1. The molecule has 0 aliphatic rings. The highest BCUT2D eigenvalue weighted by molar-refractivity contribution is 7.98. The molecule has 5 heteroatoms. The lowest BCUT2D eigenvalue weighted by Crippen LogP contribution is -1.86. The molecule has 3 nitrogen and oxygen atoms in total. The summed E-state index contributed by atoms with van der Waals surface area (Å²) in [4.78, 5) is 9.04. The highest BCUT2D eigenvalue weighted by Gasteiger charge is 2.08. The lowest BCUT2D eigenvalue weighted by Gasteiger charge is -2.01. The summed E-state index contributed by atoms with van der Waals surface area (Å²) in [6.45, 7) is 0. The Bertz CT molecular complexity index is 999. The maximum Gasteiger partial charge on any atom is 0.226 e. The highest BCUT2D eigenvalue weighted by Crippen LogP contribution is 2.25. The van der Waals surface area contributed by atoms with Crippen molar-refractivity contribution < 1.29 is 8.81 Å². The van der Waals surface area contributed by atoms with E-state index in [-0.39, 0.29) is 5.82 Å². The molecule has 0 saturated heterocycles. The monoisotopic (exact) mass is 336 g/mol. The third-order valence-corrected chi connectivity index (χ3v) is 4.53. The minimum Gasteiger partial charge on any atom is -0.444 e. The number of fused-ring (bicyclic) bond motifs is 1. The van der Waals surface area contributed by atoms with Crippen LogP contribution >= 0.6 is 11.8 Å². The van der Waals surface area contributed by atoms with Gasteiger partial charge in [0.05, 0.1) is 16.2 Å². The van der Waals surface area contributed by atoms with Gasteiger partial charge in [-0.05, 0) is 30.3 Å². The first-order valence-electron chi connectivity index (χ1n) is 7.47. The molecular weight excluding hydrogens is 323 g/mol. The molecule has 118 valence electrons. The predicted molar refractivity (Wildman–Crippen MR) is 93.2 cm³/mol. The number of hydrogen-bond donors (Lipinski definition) is 0. The Kier molecular flexibility index (Phi) is 4.01. The molecule has 2 heterocycles. The van der Waals surface area contributed by atoms with Crippen molar-refractivity contribution >= 4 is 22.7 Å². The Hall–Kier alpha value is -2.66. The number of pyridine rings is 1. The van der Waals surface area contributed by atoms with Crippen LogP contribution in [-0.2, 0) is 5.75 Å². The summed E-state index contributed by atoms with van der Waals surface area (Å²) in [7, 11) is 0. The first-order valence-corrected chi connectivity index (χ1v) is 8.45. The normalized spacial score (nSPS) is 11.0. The fourth-order valence-electron chi connectivity index (χ4n) is 2.40. The summed E-state index contributed by atoms with van der Waals surface area (Å²) in [6.07, 6.45) is 1.61. The molecule has 0 bridgehead atoms. The van der Waals surface area contributed by atoms with E-state index in [2.05, 4.69) is 16.0 Å². The number of rotatable bonds is 4. The van der Waals surface area contributed by atoms with Crippen LogP contribution in [0.3, 0.4) is 0 Å². The largest absolute Gasteiger partial charge is 0.444 e. The fraction of sp³-hybridized carbons (Fsp3) is 0.0526. The van der Waals surface area contributed by atoms with Crippen LogP contribution in [0, 0.1) is 5.82 Å². The minimum absolute atomic E-state index is 0.304. The number of hydrogen-bond acceptors (Lipinski definition) is 4. The van der Waals surface area contributed by atoms with Crippen molar-refractivity contribution in [3.05, 3.63) is 78.4 Å². The van der Waals surface area contributed by atoms with Crippen LogP contribution in [0.4, 0.5) is 4.39 Å². The third-order valence-electron chi connectivity index (χ3n) is 3.56. The second-order valence-electron chi connectivity index (χ2n) is 5.29. The van der Waals surface area contributed by atoms with Crippen LogP contribution in [0.1, 0.15) is 5.69 Å². The molecule has 24 heavy (non-hydrogen) atoms. The summed E-state index contributed by atoms with van der Waals surface area (Å²) in [5.74, 6) is 0.767. The number of benzene rings is 2. The maximum atomic E-state index is 13.3. The molecule has 0 aliphatic heterocycles. The van der Waals surface area contributed by atoms with Gasteiger partial charge in [-0.25, -0.2) is 14.4 Å². The number of thioether (sulfide) groups is 1. The first-order chi connectivity index (χ1) is 11.8. The van der Waals surface area contributed by atoms with Gasteiger partial charge in [0.25, 0.3) is 0 Å². The quantitative estimate of drug-likeness (QED) is 0.473. The standard InChI is InChI=1S/C19H13FN2OS/c20-15-6-3-5-14(10-15)19-21-16(11-23-19)12-24-18-9-8-13-4-1-2-7-17(13)22-18/h1-11H,12H2. The van der Waals surface area contributed by atoms with E-state index in [0.717, 1.165) is 21.6 Å². The summed E-state index contributed by atoms with van der Waals surface area (Å²) in [5, 5.41) is 2.06. The Morgan fingerprint density at radius 3 is 2.79 bits per heavy atom. The van der Waals surface area contributed by atoms with Crippen LogP contribution in [0.25, 0.3) is 22.4 Å². The van der Waals surface area contributed by atoms with Crippen LogP contribution in [0.15, 0.2) is 76.4 Å². The molecule has 2 aromatic carbocycles. The van der Waals surface area contributed by atoms with Crippen molar-refractivity contribution in [3.8, 4) is 11.5 Å². The number of nitrogens with zero attached hydrogens (tertiary/aromatic N) is 2. The van der Waals surface area contributed by atoms with E-state index in [1.165, 1.54) is 12.1 Å². The number of halogens is 1. The topological polar surface area (TPSA) is 38.9 Å². The molecule has 4 rings (SSSR count). The van der Waals surface area contributed by atoms with Crippen molar-refractivity contribution in [1.82, 2.24) is 9.97 Å². The van der Waals surface area contributed by atoms with Gasteiger partial charge in [-0.1, -0.05) is 42.1 Å². The van der Waals surface area contributed by atoms with E-state index in [1.807, 2.05) is 30.3 Å². The van der Waals surface area contributed by atoms with Crippen molar-refractivity contribution in [2.45, 2.75) is 10.8 Å². The maximum absolute atomic E-state index is 13.3. The fourth-order valence-corrected chi connectivity index (χ4v) is 3.16. The second kappa shape index (κ2) is 6.45. The van der Waals surface area contributed by atoms with Crippen molar-refractivity contribution in [2.75, 3.05) is 0 Å². The SMILES string of the molecule is Fc1cccc(-c2nc(CSc3ccc4ccccc4n3)co2)c1. The third kappa shape index (κ3) is 3.16. The van der Waals surface area contributed by atoms with Crippen LogP contribution < -0.4 is 0 Å².